The molecule has 11 nitrogen and oxygen atoms in total. The molecule has 0 aliphatic carbocycles. The molecule has 3 aromatic carbocycles. The predicted molar refractivity (Wildman–Crippen MR) is 218 cm³/mol. The number of aliphatic carboxylic acids is 1. The highest BCUT2D eigenvalue weighted by Gasteiger charge is 2.29. The molecule has 2 aromatic heterocycles. The first-order chi connectivity index (χ1) is 27.7. The molecule has 6 rings (SSSR count). The van der Waals surface area contributed by atoms with E-state index in [1.807, 2.05) is 47.4 Å². The number of piperidine rings is 1. The van der Waals surface area contributed by atoms with Gasteiger partial charge in [0.1, 0.15) is 48.7 Å². The minimum Gasteiger partial charge on any atom is -0.493 e. The van der Waals surface area contributed by atoms with E-state index >= 15 is 0 Å². The van der Waals surface area contributed by atoms with E-state index < -0.39 is 18.1 Å². The standard InChI is InChI=1S/C45H48ClN5O6/c1-30-34(10-7-11-36(30)37-12-8-15-42(31(37)2)55-19-9-16-48-26-41(52)39-13-3-5-17-50-39)29-57-44-22-43(56-28-33-20-32(23-47)24-49-25-33)35(21-38(44)46)27-51-18-6-4-14-40(51)45(53)54/h3,5,7-8,10-13,15,17,20-22,24-25,40-41,48,52H,4,6,9,14,16,18-19,26-29H2,1-2H3,(H,53,54)/t40-,41?/m0/s1. The SMILES string of the molecule is Cc1c(COc2cc(OCc3cncc(C#N)c3)c(CN3CCCC[C@H]3C(=O)O)cc2Cl)cccc1-c1cccc(OCCCNCC(O)c2ccccn2)c1C. The van der Waals surface area contributed by atoms with Gasteiger partial charge in [-0.15, -0.1) is 0 Å². The monoisotopic (exact) mass is 789 g/mol. The van der Waals surface area contributed by atoms with Crippen molar-refractivity contribution in [3.05, 3.63) is 135 Å². The molecule has 3 heterocycles. The fourth-order valence-corrected chi connectivity index (χ4v) is 7.30. The highest BCUT2D eigenvalue weighted by Crippen LogP contribution is 2.37. The molecule has 0 spiro atoms. The van der Waals surface area contributed by atoms with Crippen LogP contribution >= 0.6 is 11.6 Å². The van der Waals surface area contributed by atoms with Crippen molar-refractivity contribution in [2.24, 2.45) is 0 Å². The van der Waals surface area contributed by atoms with Crippen LogP contribution in [0, 0.1) is 25.2 Å². The summed E-state index contributed by atoms with van der Waals surface area (Å²) in [5.41, 5.74) is 7.76. The maximum atomic E-state index is 12.1. The molecule has 1 saturated heterocycles. The molecule has 57 heavy (non-hydrogen) atoms. The van der Waals surface area contributed by atoms with Crippen LogP contribution in [0.1, 0.15) is 70.9 Å². The summed E-state index contributed by atoms with van der Waals surface area (Å²) in [4.78, 5) is 22.4. The Morgan fingerprint density at radius 3 is 2.54 bits per heavy atom. The fourth-order valence-electron chi connectivity index (χ4n) is 7.06. The zero-order valence-corrected chi connectivity index (χ0v) is 33.0. The Hall–Kier alpha value is -5.51. The molecule has 1 aliphatic heterocycles. The van der Waals surface area contributed by atoms with Crippen molar-refractivity contribution in [2.45, 2.75) is 71.4 Å². The van der Waals surface area contributed by atoms with Crippen LogP contribution < -0.4 is 19.5 Å². The van der Waals surface area contributed by atoms with Gasteiger partial charge < -0.3 is 29.7 Å². The Labute approximate surface area is 338 Å². The summed E-state index contributed by atoms with van der Waals surface area (Å²) in [6.07, 6.45) is 7.29. The number of aliphatic hydroxyl groups excluding tert-OH is 1. The number of likely N-dealkylation sites (tertiary alicyclic amines) is 1. The Morgan fingerprint density at radius 1 is 0.947 bits per heavy atom. The van der Waals surface area contributed by atoms with Crippen molar-refractivity contribution < 1.29 is 29.2 Å². The van der Waals surface area contributed by atoms with E-state index in [4.69, 9.17) is 25.8 Å². The lowest BCUT2D eigenvalue weighted by Crippen LogP contribution is -2.44. The molecule has 0 bridgehead atoms. The molecule has 5 aromatic rings. The lowest BCUT2D eigenvalue weighted by Gasteiger charge is -2.33. The van der Waals surface area contributed by atoms with Gasteiger partial charge in [-0.25, -0.2) is 0 Å². The van der Waals surface area contributed by atoms with Gasteiger partial charge in [0.15, 0.2) is 0 Å². The van der Waals surface area contributed by atoms with Crippen LogP contribution in [-0.4, -0.2) is 63.3 Å². The van der Waals surface area contributed by atoms with Crippen molar-refractivity contribution in [2.75, 3.05) is 26.2 Å². The van der Waals surface area contributed by atoms with Crippen molar-refractivity contribution in [3.8, 4) is 34.4 Å². The summed E-state index contributed by atoms with van der Waals surface area (Å²) in [5.74, 6) is 0.927. The van der Waals surface area contributed by atoms with Crippen molar-refractivity contribution in [1.82, 2.24) is 20.2 Å². The van der Waals surface area contributed by atoms with Crippen LogP contribution in [0.5, 0.6) is 17.2 Å². The summed E-state index contributed by atoms with van der Waals surface area (Å²) in [5, 5.41) is 33.3. The predicted octanol–water partition coefficient (Wildman–Crippen LogP) is 7.97. The highest BCUT2D eigenvalue weighted by molar-refractivity contribution is 6.32. The van der Waals surface area contributed by atoms with Crippen LogP contribution in [0.2, 0.25) is 5.02 Å². The average molecular weight is 790 g/mol. The quantitative estimate of drug-likeness (QED) is 0.0742. The maximum Gasteiger partial charge on any atom is 0.320 e. The topological polar surface area (TPSA) is 150 Å². The smallest absolute Gasteiger partial charge is 0.320 e. The molecule has 3 N–H and O–H groups in total. The Balaban J connectivity index is 1.13. The van der Waals surface area contributed by atoms with E-state index in [1.54, 1.807) is 30.6 Å². The minimum atomic E-state index is -0.839. The molecule has 0 radical (unpaired) electrons. The third kappa shape index (κ3) is 10.9. The maximum absolute atomic E-state index is 12.1. The summed E-state index contributed by atoms with van der Waals surface area (Å²) in [6.45, 7) is 7.17. The van der Waals surface area contributed by atoms with Crippen LogP contribution in [0.4, 0.5) is 0 Å². The number of aromatic nitrogens is 2. The number of nitrogens with zero attached hydrogens (tertiary/aromatic N) is 4. The number of nitrogens with one attached hydrogen (secondary N) is 1. The number of hydrogen-bond acceptors (Lipinski definition) is 10. The number of halogens is 1. The number of aliphatic hydroxyl groups is 1. The van der Waals surface area contributed by atoms with Crippen LogP contribution in [0.3, 0.4) is 0 Å². The van der Waals surface area contributed by atoms with Gasteiger partial charge in [-0.2, -0.15) is 5.26 Å². The van der Waals surface area contributed by atoms with E-state index in [2.05, 4.69) is 47.3 Å². The normalized spacial score (nSPS) is 14.8. The van der Waals surface area contributed by atoms with E-state index in [9.17, 15) is 20.3 Å². The Bertz CT molecular complexity index is 2180. The third-order valence-electron chi connectivity index (χ3n) is 10.2. The van der Waals surface area contributed by atoms with Gasteiger partial charge in [-0.1, -0.05) is 54.4 Å². The lowest BCUT2D eigenvalue weighted by molar-refractivity contribution is -0.144. The lowest BCUT2D eigenvalue weighted by atomic mass is 9.93. The largest absolute Gasteiger partial charge is 0.493 e. The van der Waals surface area contributed by atoms with Gasteiger partial charge in [0.05, 0.1) is 22.9 Å². The highest BCUT2D eigenvalue weighted by atomic mass is 35.5. The van der Waals surface area contributed by atoms with Gasteiger partial charge >= 0.3 is 5.97 Å². The van der Waals surface area contributed by atoms with Crippen LogP contribution in [-0.2, 0) is 24.6 Å². The number of pyridine rings is 2. The summed E-state index contributed by atoms with van der Waals surface area (Å²) in [6, 6.07) is 24.5. The number of nitriles is 1. The first-order valence-corrected chi connectivity index (χ1v) is 19.6. The molecule has 2 atom stereocenters. The van der Waals surface area contributed by atoms with E-state index in [0.29, 0.717) is 67.0 Å². The molecular weight excluding hydrogens is 742 g/mol. The van der Waals surface area contributed by atoms with Gasteiger partial charge in [0.25, 0.3) is 0 Å². The number of rotatable bonds is 18. The zero-order chi connectivity index (χ0) is 40.1. The second-order valence-corrected chi connectivity index (χ2v) is 14.6. The summed E-state index contributed by atoms with van der Waals surface area (Å²) < 4.78 is 18.9. The zero-order valence-electron chi connectivity index (χ0n) is 32.3. The third-order valence-corrected chi connectivity index (χ3v) is 10.5. The molecule has 296 valence electrons. The second kappa shape index (κ2) is 20.1. The number of carboxylic acids is 1. The van der Waals surface area contributed by atoms with Gasteiger partial charge in [0, 0.05) is 48.9 Å². The molecule has 0 saturated carbocycles. The summed E-state index contributed by atoms with van der Waals surface area (Å²) in [7, 11) is 0. The van der Waals surface area contributed by atoms with Crippen LogP contribution in [0.15, 0.2) is 91.4 Å². The Kier molecular flexibility index (Phi) is 14.5. The molecular formula is C45H48ClN5O6. The fraction of sp³-hybridized carbons (Fsp3) is 0.333. The first-order valence-electron chi connectivity index (χ1n) is 19.2. The Morgan fingerprint density at radius 2 is 1.75 bits per heavy atom. The molecule has 12 heteroatoms. The van der Waals surface area contributed by atoms with E-state index in [-0.39, 0.29) is 13.2 Å². The van der Waals surface area contributed by atoms with Crippen molar-refractivity contribution in [3.63, 3.8) is 0 Å². The molecule has 0 amide bonds. The average Bonchev–Trinajstić information content (AvgIpc) is 3.23. The first kappa shape index (κ1) is 41.1. The second-order valence-electron chi connectivity index (χ2n) is 14.2. The number of hydrogen-bond donors (Lipinski definition) is 3. The van der Waals surface area contributed by atoms with E-state index in [0.717, 1.165) is 64.0 Å². The molecule has 1 unspecified atom stereocenters. The number of ether oxygens (including phenoxy) is 3. The van der Waals surface area contributed by atoms with Crippen molar-refractivity contribution >= 4 is 17.6 Å². The minimum absolute atomic E-state index is 0.149. The van der Waals surface area contributed by atoms with Crippen LogP contribution in [0.25, 0.3) is 11.1 Å². The number of carboxylic acid groups (broad SMARTS) is 1. The number of carbonyl (C=O) groups is 1. The van der Waals surface area contributed by atoms with Gasteiger partial charge in [-0.3, -0.25) is 19.7 Å². The van der Waals surface area contributed by atoms with Crippen molar-refractivity contribution in [1.29, 1.82) is 5.26 Å². The number of benzene rings is 3. The van der Waals surface area contributed by atoms with E-state index in [1.165, 1.54) is 6.20 Å². The molecule has 1 fully saturated rings. The van der Waals surface area contributed by atoms with Gasteiger partial charge in [-0.05, 0) is 104 Å². The van der Waals surface area contributed by atoms with Gasteiger partial charge in [0.2, 0.25) is 0 Å². The summed E-state index contributed by atoms with van der Waals surface area (Å²) >= 11 is 6.86. The molecule has 1 aliphatic rings.